The van der Waals surface area contributed by atoms with Gasteiger partial charge < -0.3 is 4.74 Å². The number of ether oxygens (including phenoxy) is 1. The van der Waals surface area contributed by atoms with E-state index in [1.54, 1.807) is 0 Å². The van der Waals surface area contributed by atoms with Crippen LogP contribution in [0.4, 0.5) is 4.39 Å². The standard InChI is InChI=1S/C10H9FINO/c1-2-3-14-10-7(6-13)4-8(11)5-9(10)12/h4-5H,2-3H2,1H3. The van der Waals surface area contributed by atoms with Gasteiger partial charge in [0.15, 0.2) is 5.75 Å². The Kier molecular flexibility index (Phi) is 4.14. The highest BCUT2D eigenvalue weighted by Gasteiger charge is 2.10. The number of nitriles is 1. The number of nitrogens with zero attached hydrogens (tertiary/aromatic N) is 1. The van der Waals surface area contributed by atoms with Crippen LogP contribution in [0, 0.1) is 20.7 Å². The quantitative estimate of drug-likeness (QED) is 0.804. The van der Waals surface area contributed by atoms with Crippen LogP contribution >= 0.6 is 22.6 Å². The lowest BCUT2D eigenvalue weighted by molar-refractivity contribution is 0.314. The second kappa shape index (κ2) is 5.15. The van der Waals surface area contributed by atoms with E-state index in [2.05, 4.69) is 0 Å². The average Bonchev–Trinajstić information content (AvgIpc) is 2.15. The highest BCUT2D eigenvalue weighted by Crippen LogP contribution is 2.26. The molecule has 0 heterocycles. The molecular formula is C10H9FINO. The van der Waals surface area contributed by atoms with Crippen molar-refractivity contribution in [2.45, 2.75) is 13.3 Å². The third-order valence-corrected chi connectivity index (χ3v) is 2.38. The fourth-order valence-electron chi connectivity index (χ4n) is 0.994. The van der Waals surface area contributed by atoms with E-state index in [1.165, 1.54) is 12.1 Å². The van der Waals surface area contributed by atoms with Gasteiger partial charge in [0.25, 0.3) is 0 Å². The van der Waals surface area contributed by atoms with Gasteiger partial charge in [0.2, 0.25) is 0 Å². The summed E-state index contributed by atoms with van der Waals surface area (Å²) in [4.78, 5) is 0. The molecule has 0 spiro atoms. The topological polar surface area (TPSA) is 33.0 Å². The molecule has 0 N–H and O–H groups in total. The Morgan fingerprint density at radius 2 is 2.29 bits per heavy atom. The summed E-state index contributed by atoms with van der Waals surface area (Å²) >= 11 is 1.96. The van der Waals surface area contributed by atoms with Crippen LogP contribution in [0.25, 0.3) is 0 Å². The molecule has 0 aliphatic heterocycles. The van der Waals surface area contributed by atoms with Gasteiger partial charge in [-0.3, -0.25) is 0 Å². The first-order chi connectivity index (χ1) is 6.69. The maximum atomic E-state index is 12.9. The van der Waals surface area contributed by atoms with Crippen LogP contribution in [-0.4, -0.2) is 6.61 Å². The SMILES string of the molecule is CCCOc1c(I)cc(F)cc1C#N. The van der Waals surface area contributed by atoms with Crippen LogP contribution in [0.2, 0.25) is 0 Å². The maximum Gasteiger partial charge on any atom is 0.150 e. The number of rotatable bonds is 3. The molecule has 1 aromatic carbocycles. The van der Waals surface area contributed by atoms with Crippen LogP contribution in [-0.2, 0) is 0 Å². The van der Waals surface area contributed by atoms with E-state index in [0.29, 0.717) is 15.9 Å². The van der Waals surface area contributed by atoms with Crippen molar-refractivity contribution in [2.75, 3.05) is 6.61 Å². The van der Waals surface area contributed by atoms with Gasteiger partial charge in [0, 0.05) is 0 Å². The summed E-state index contributed by atoms with van der Waals surface area (Å²) in [5.74, 6) is 0.0751. The molecule has 0 fully saturated rings. The molecule has 0 aromatic heterocycles. The van der Waals surface area contributed by atoms with E-state index >= 15 is 0 Å². The van der Waals surface area contributed by atoms with E-state index in [-0.39, 0.29) is 5.56 Å². The van der Waals surface area contributed by atoms with E-state index in [1.807, 2.05) is 35.6 Å². The smallest absolute Gasteiger partial charge is 0.150 e. The van der Waals surface area contributed by atoms with Crippen LogP contribution in [0.15, 0.2) is 12.1 Å². The summed E-state index contributed by atoms with van der Waals surface area (Å²) in [5.41, 5.74) is 0.253. The molecular weight excluding hydrogens is 296 g/mol. The van der Waals surface area contributed by atoms with Crippen LogP contribution in [0.1, 0.15) is 18.9 Å². The fourth-order valence-corrected chi connectivity index (χ4v) is 1.74. The van der Waals surface area contributed by atoms with Crippen LogP contribution < -0.4 is 4.74 Å². The highest BCUT2D eigenvalue weighted by atomic mass is 127. The Bertz CT molecular complexity index is 373. The predicted molar refractivity (Wildman–Crippen MR) is 59.6 cm³/mol. The van der Waals surface area contributed by atoms with Gasteiger partial charge >= 0.3 is 0 Å². The normalized spacial score (nSPS) is 9.57. The molecule has 2 nitrogen and oxygen atoms in total. The molecule has 0 amide bonds. The largest absolute Gasteiger partial charge is 0.491 e. The summed E-state index contributed by atoms with van der Waals surface area (Å²) < 4.78 is 18.9. The second-order valence-corrected chi connectivity index (χ2v) is 3.89. The molecule has 0 atom stereocenters. The Hall–Kier alpha value is -0.830. The predicted octanol–water partition coefficient (Wildman–Crippen LogP) is 3.09. The summed E-state index contributed by atoms with van der Waals surface area (Å²) in [5, 5.41) is 8.77. The first kappa shape index (κ1) is 11.2. The minimum absolute atomic E-state index is 0.253. The third kappa shape index (κ3) is 2.58. The Labute approximate surface area is 95.8 Å². The summed E-state index contributed by atoms with van der Waals surface area (Å²) in [6.45, 7) is 2.51. The molecule has 0 radical (unpaired) electrons. The van der Waals surface area contributed by atoms with Gasteiger partial charge in [-0.05, 0) is 41.1 Å². The Morgan fingerprint density at radius 3 is 2.86 bits per heavy atom. The molecule has 0 saturated carbocycles. The van der Waals surface area contributed by atoms with Crippen molar-refractivity contribution in [3.63, 3.8) is 0 Å². The minimum Gasteiger partial charge on any atom is -0.491 e. The Balaban J connectivity index is 3.07. The zero-order valence-electron chi connectivity index (χ0n) is 7.68. The third-order valence-electron chi connectivity index (χ3n) is 1.58. The summed E-state index contributed by atoms with van der Waals surface area (Å²) in [6, 6.07) is 4.46. The van der Waals surface area contributed by atoms with Crippen molar-refractivity contribution in [1.29, 1.82) is 5.26 Å². The molecule has 0 unspecified atom stereocenters. The van der Waals surface area contributed by atoms with E-state index in [4.69, 9.17) is 10.00 Å². The number of halogens is 2. The molecule has 0 aliphatic rings. The van der Waals surface area contributed by atoms with Gasteiger partial charge in [0.05, 0.1) is 15.7 Å². The number of hydrogen-bond acceptors (Lipinski definition) is 2. The minimum atomic E-state index is -0.408. The second-order valence-electron chi connectivity index (χ2n) is 2.72. The monoisotopic (exact) mass is 305 g/mol. The Morgan fingerprint density at radius 1 is 1.57 bits per heavy atom. The highest BCUT2D eigenvalue weighted by molar-refractivity contribution is 14.1. The van der Waals surface area contributed by atoms with Gasteiger partial charge in [-0.1, -0.05) is 6.92 Å². The van der Waals surface area contributed by atoms with E-state index < -0.39 is 5.82 Å². The van der Waals surface area contributed by atoms with Crippen molar-refractivity contribution in [3.05, 3.63) is 27.1 Å². The average molecular weight is 305 g/mol. The number of benzene rings is 1. The maximum absolute atomic E-state index is 12.9. The molecule has 1 rings (SSSR count). The molecule has 74 valence electrons. The first-order valence-corrected chi connectivity index (χ1v) is 5.28. The molecule has 14 heavy (non-hydrogen) atoms. The van der Waals surface area contributed by atoms with Gasteiger partial charge in [-0.2, -0.15) is 5.26 Å². The van der Waals surface area contributed by atoms with Crippen molar-refractivity contribution in [3.8, 4) is 11.8 Å². The lowest BCUT2D eigenvalue weighted by Crippen LogP contribution is -2.00. The fraction of sp³-hybridized carbons (Fsp3) is 0.300. The van der Waals surface area contributed by atoms with Crippen molar-refractivity contribution >= 4 is 22.6 Å². The zero-order valence-corrected chi connectivity index (χ0v) is 9.84. The van der Waals surface area contributed by atoms with Crippen LogP contribution in [0.3, 0.4) is 0 Å². The van der Waals surface area contributed by atoms with Crippen molar-refractivity contribution in [2.24, 2.45) is 0 Å². The molecule has 0 aliphatic carbocycles. The first-order valence-electron chi connectivity index (χ1n) is 4.21. The van der Waals surface area contributed by atoms with E-state index in [9.17, 15) is 4.39 Å². The van der Waals surface area contributed by atoms with Crippen molar-refractivity contribution < 1.29 is 9.13 Å². The zero-order chi connectivity index (χ0) is 10.6. The van der Waals surface area contributed by atoms with Crippen molar-refractivity contribution in [1.82, 2.24) is 0 Å². The van der Waals surface area contributed by atoms with Gasteiger partial charge in [0.1, 0.15) is 11.9 Å². The van der Waals surface area contributed by atoms with E-state index in [0.717, 1.165) is 6.42 Å². The summed E-state index contributed by atoms with van der Waals surface area (Å²) in [7, 11) is 0. The lowest BCUT2D eigenvalue weighted by atomic mass is 10.2. The lowest BCUT2D eigenvalue weighted by Gasteiger charge is -2.08. The van der Waals surface area contributed by atoms with Gasteiger partial charge in [-0.15, -0.1) is 0 Å². The van der Waals surface area contributed by atoms with Crippen LogP contribution in [0.5, 0.6) is 5.75 Å². The number of hydrogen-bond donors (Lipinski definition) is 0. The summed E-state index contributed by atoms with van der Waals surface area (Å²) in [6.07, 6.45) is 0.859. The molecule has 1 aromatic rings. The molecule has 0 saturated heterocycles. The molecule has 0 bridgehead atoms. The molecule has 4 heteroatoms. The van der Waals surface area contributed by atoms with Gasteiger partial charge in [-0.25, -0.2) is 4.39 Å².